The molecule has 0 saturated heterocycles. The fourth-order valence-corrected chi connectivity index (χ4v) is 1.58. The van der Waals surface area contributed by atoms with Gasteiger partial charge in [0.2, 0.25) is 0 Å². The van der Waals surface area contributed by atoms with Crippen molar-refractivity contribution >= 4 is 41.0 Å². The molecule has 0 aliphatic heterocycles. The number of hydrogen-bond donors (Lipinski definition) is 2. The van der Waals surface area contributed by atoms with E-state index < -0.39 is 0 Å². The van der Waals surface area contributed by atoms with Crippen LogP contribution >= 0.6 is 23.2 Å². The summed E-state index contributed by atoms with van der Waals surface area (Å²) in [5.74, 6) is 0.812. The fourth-order valence-electron chi connectivity index (χ4n) is 1.29. The van der Waals surface area contributed by atoms with Crippen LogP contribution in [0.3, 0.4) is 0 Å². The van der Waals surface area contributed by atoms with E-state index in [4.69, 9.17) is 28.9 Å². The van der Waals surface area contributed by atoms with Gasteiger partial charge in [0, 0.05) is 57.9 Å². The van der Waals surface area contributed by atoms with Gasteiger partial charge in [0.15, 0.2) is 0 Å². The molecule has 7 heteroatoms. The summed E-state index contributed by atoms with van der Waals surface area (Å²) in [5, 5.41) is 4.31. The Morgan fingerprint density at radius 1 is 1.45 bits per heavy atom. The minimum Gasteiger partial charge on any atom is -0.387 e. The van der Waals surface area contributed by atoms with Crippen molar-refractivity contribution in [3.05, 3.63) is 35.2 Å². The number of anilines is 1. The minimum atomic E-state index is 0. The maximum atomic E-state index is 9.36. The Balaban J connectivity index is 0. The summed E-state index contributed by atoms with van der Waals surface area (Å²) < 4.78 is 0. The van der Waals surface area contributed by atoms with Crippen molar-refractivity contribution in [3.8, 4) is 0 Å². The molecule has 3 N–H and O–H groups in total. The van der Waals surface area contributed by atoms with Crippen molar-refractivity contribution < 1.29 is 37.5 Å². The molecule has 0 aliphatic carbocycles. The van der Waals surface area contributed by atoms with Crippen LogP contribution < -0.4 is 11.1 Å². The number of nitrogens with one attached hydrogen (secondary N) is 1. The van der Waals surface area contributed by atoms with Gasteiger partial charge in [0.1, 0.15) is 6.29 Å². The summed E-state index contributed by atoms with van der Waals surface area (Å²) in [7, 11) is 1.69. The smallest absolute Gasteiger partial charge is 0.117 e. The zero-order valence-electron chi connectivity index (χ0n) is 13.0. The van der Waals surface area contributed by atoms with Crippen LogP contribution in [0.15, 0.2) is 23.2 Å². The van der Waals surface area contributed by atoms with E-state index >= 15 is 0 Å². The third kappa shape index (κ3) is 10.5. The van der Waals surface area contributed by atoms with E-state index in [1.807, 2.05) is 13.0 Å². The van der Waals surface area contributed by atoms with Crippen molar-refractivity contribution in [2.45, 2.75) is 19.8 Å². The average Bonchev–Trinajstić information content (AvgIpc) is 2.48. The van der Waals surface area contributed by atoms with Crippen molar-refractivity contribution in [3.63, 3.8) is 0 Å². The van der Waals surface area contributed by atoms with Gasteiger partial charge >= 0.3 is 0 Å². The van der Waals surface area contributed by atoms with Gasteiger partial charge < -0.3 is 22.8 Å². The number of amidine groups is 1. The Labute approximate surface area is 168 Å². The Morgan fingerprint density at radius 2 is 2.09 bits per heavy atom. The van der Waals surface area contributed by atoms with Gasteiger partial charge in [-0.15, -0.1) is 0 Å². The first-order valence-corrected chi connectivity index (χ1v) is 7.35. The largest absolute Gasteiger partial charge is 0.387 e. The monoisotopic (exact) mass is 419 g/mol. The number of nitrogens with zero attached hydrogens (tertiary/aromatic N) is 1. The summed E-state index contributed by atoms with van der Waals surface area (Å²) in [6, 6.07) is 5.42. The third-order valence-electron chi connectivity index (χ3n) is 2.62. The molecule has 121 valence electrons. The normalized spacial score (nSPS) is 11.6. The summed E-state index contributed by atoms with van der Waals surface area (Å²) in [6.45, 7) is 6.16. The van der Waals surface area contributed by atoms with Crippen molar-refractivity contribution in [1.29, 1.82) is 0 Å². The molecule has 22 heavy (non-hydrogen) atoms. The standard InChI is InChI=1S/C11H15Cl2N3.C4H7O.Y/c1-7(11(14)15-2)6-16-8-3-4-9(12)10(13)5-8;1-2-3-4-5;/h3-5,7,16H,6H2,1-2H3,(H2,14,15);4H,1-3H2;/q;-1;. The molecule has 1 radical (unpaired) electrons. The summed E-state index contributed by atoms with van der Waals surface area (Å²) in [6.07, 6.45) is 2.19. The number of rotatable bonds is 6. The van der Waals surface area contributed by atoms with Gasteiger partial charge in [-0.2, -0.15) is 6.42 Å². The Kier molecular flexibility index (Phi) is 15.8. The van der Waals surface area contributed by atoms with Crippen LogP contribution in [0.4, 0.5) is 5.69 Å². The molecule has 1 unspecified atom stereocenters. The van der Waals surface area contributed by atoms with E-state index in [2.05, 4.69) is 17.2 Å². The molecule has 0 fully saturated rings. The van der Waals surface area contributed by atoms with Crippen LogP contribution in [0, 0.1) is 12.8 Å². The molecular formula is C15H22Cl2N3OY-. The summed E-state index contributed by atoms with van der Waals surface area (Å²) in [4.78, 5) is 13.3. The molecule has 1 aromatic carbocycles. The molecular weight excluding hydrogens is 398 g/mol. The van der Waals surface area contributed by atoms with Crippen molar-refractivity contribution in [2.24, 2.45) is 16.6 Å². The maximum Gasteiger partial charge on any atom is 0.117 e. The van der Waals surface area contributed by atoms with Crippen LogP contribution in [0.5, 0.6) is 0 Å². The number of carbonyl (C=O) groups excluding carboxylic acids is 1. The van der Waals surface area contributed by atoms with Crippen molar-refractivity contribution in [1.82, 2.24) is 0 Å². The molecule has 0 spiro atoms. The SMILES string of the molecule is CN=C(N)C(C)CNc1ccc(Cl)c(Cl)c1.[CH2-]CCC=O.[Y]. The molecule has 0 heterocycles. The number of halogens is 2. The Hall–Kier alpha value is -0.156. The second-order valence-electron chi connectivity index (χ2n) is 4.37. The van der Waals surface area contributed by atoms with E-state index in [0.29, 0.717) is 28.8 Å². The van der Waals surface area contributed by atoms with Gasteiger partial charge in [0.25, 0.3) is 0 Å². The second kappa shape index (κ2) is 14.4. The third-order valence-corrected chi connectivity index (χ3v) is 3.36. The zero-order valence-corrected chi connectivity index (χ0v) is 17.3. The average molecular weight is 420 g/mol. The quantitative estimate of drug-likeness (QED) is 0.318. The molecule has 1 atom stereocenters. The van der Waals surface area contributed by atoms with Crippen LogP contribution in [0.25, 0.3) is 0 Å². The number of carbonyl (C=O) groups is 1. The van der Waals surface area contributed by atoms with Crippen molar-refractivity contribution in [2.75, 3.05) is 18.9 Å². The van der Waals surface area contributed by atoms with E-state index in [1.165, 1.54) is 0 Å². The first-order chi connectivity index (χ1) is 9.96. The number of benzene rings is 1. The first kappa shape index (κ1) is 24.1. The molecule has 1 rings (SSSR count). The first-order valence-electron chi connectivity index (χ1n) is 6.60. The molecule has 0 saturated carbocycles. The number of aldehydes is 1. The Bertz CT molecular complexity index is 470. The van der Waals surface area contributed by atoms with Gasteiger partial charge in [-0.25, -0.2) is 0 Å². The molecule has 0 aromatic heterocycles. The van der Waals surface area contributed by atoms with E-state index in [1.54, 1.807) is 19.2 Å². The number of aliphatic imine (C=N–C) groups is 1. The predicted octanol–water partition coefficient (Wildman–Crippen LogP) is 3.83. The van der Waals surface area contributed by atoms with E-state index in [9.17, 15) is 4.79 Å². The van der Waals surface area contributed by atoms with Crippen LogP contribution in [0.2, 0.25) is 10.0 Å². The number of nitrogens with two attached hydrogens (primary N) is 1. The fraction of sp³-hybridized carbons (Fsp3) is 0.400. The van der Waals surface area contributed by atoms with Crippen LogP contribution in [0.1, 0.15) is 19.8 Å². The van der Waals surface area contributed by atoms with Crippen LogP contribution in [-0.2, 0) is 37.5 Å². The molecule has 0 aliphatic rings. The van der Waals surface area contributed by atoms with Gasteiger partial charge in [-0.3, -0.25) is 4.99 Å². The zero-order chi connectivity index (χ0) is 16.3. The van der Waals surface area contributed by atoms with Gasteiger partial charge in [-0.05, 0) is 24.6 Å². The number of hydrogen-bond acceptors (Lipinski definition) is 3. The topological polar surface area (TPSA) is 67.5 Å². The van der Waals surface area contributed by atoms with E-state index in [0.717, 1.165) is 18.4 Å². The minimum absolute atomic E-state index is 0. The Morgan fingerprint density at radius 3 is 2.50 bits per heavy atom. The summed E-state index contributed by atoms with van der Waals surface area (Å²) in [5.41, 5.74) is 6.62. The molecule has 0 amide bonds. The van der Waals surface area contributed by atoms with E-state index in [-0.39, 0.29) is 38.6 Å². The predicted molar refractivity (Wildman–Crippen MR) is 92.3 cm³/mol. The van der Waals surface area contributed by atoms with Gasteiger partial charge in [0.05, 0.1) is 15.9 Å². The molecule has 4 nitrogen and oxygen atoms in total. The molecule has 1 aromatic rings. The summed E-state index contributed by atoms with van der Waals surface area (Å²) >= 11 is 11.7. The number of unbranched alkanes of at least 4 members (excludes halogenated alkanes) is 1. The van der Waals surface area contributed by atoms with Crippen LogP contribution in [-0.4, -0.2) is 25.7 Å². The van der Waals surface area contributed by atoms with Gasteiger partial charge in [-0.1, -0.05) is 30.1 Å². The second-order valence-corrected chi connectivity index (χ2v) is 5.18. The maximum absolute atomic E-state index is 9.36. The molecule has 0 bridgehead atoms.